The normalized spacial score (nSPS) is 17.2. The molecule has 0 N–H and O–H groups in total. The molecule has 1 heterocycles. The van der Waals surface area contributed by atoms with Crippen molar-refractivity contribution < 1.29 is 0 Å². The van der Waals surface area contributed by atoms with Gasteiger partial charge < -0.3 is 4.90 Å². The molecule has 1 unspecified atom stereocenters. The van der Waals surface area contributed by atoms with Crippen LogP contribution < -0.4 is 0 Å². The van der Waals surface area contributed by atoms with Crippen molar-refractivity contribution in [1.29, 1.82) is 0 Å². The molecule has 21 heavy (non-hydrogen) atoms. The first-order valence-electron chi connectivity index (χ1n) is 8.17. The Kier molecular flexibility index (Phi) is 4.72. The summed E-state index contributed by atoms with van der Waals surface area (Å²) < 4.78 is 0. The van der Waals surface area contributed by atoms with E-state index in [4.69, 9.17) is 0 Å². The molecular formula is C20H25N. The van der Waals surface area contributed by atoms with Gasteiger partial charge in [-0.25, -0.2) is 0 Å². The van der Waals surface area contributed by atoms with Gasteiger partial charge in [-0.3, -0.25) is 0 Å². The van der Waals surface area contributed by atoms with Crippen LogP contribution in [-0.2, 0) is 0 Å². The van der Waals surface area contributed by atoms with Crippen molar-refractivity contribution >= 4 is 0 Å². The van der Waals surface area contributed by atoms with Gasteiger partial charge in [0.25, 0.3) is 0 Å². The summed E-state index contributed by atoms with van der Waals surface area (Å²) in [6.45, 7) is 6.17. The molecule has 0 aromatic heterocycles. The highest BCUT2D eigenvalue weighted by molar-refractivity contribution is 5.33. The maximum Gasteiger partial charge on any atom is 0.0127 e. The average Bonchev–Trinajstić information content (AvgIpc) is 3.02. The summed E-state index contributed by atoms with van der Waals surface area (Å²) in [6, 6.07) is 22.0. The Labute approximate surface area is 128 Å². The molecule has 0 saturated carbocycles. The molecule has 0 aliphatic carbocycles. The molecule has 0 amide bonds. The van der Waals surface area contributed by atoms with Crippen molar-refractivity contribution in [2.45, 2.75) is 25.7 Å². The highest BCUT2D eigenvalue weighted by Crippen LogP contribution is 2.32. The summed E-state index contributed by atoms with van der Waals surface area (Å²) in [5.74, 6) is 1.13. The van der Waals surface area contributed by atoms with E-state index >= 15 is 0 Å². The lowest BCUT2D eigenvalue weighted by atomic mass is 9.81. The minimum Gasteiger partial charge on any atom is -0.303 e. The van der Waals surface area contributed by atoms with Gasteiger partial charge in [-0.1, -0.05) is 67.6 Å². The fourth-order valence-electron chi connectivity index (χ4n) is 3.65. The van der Waals surface area contributed by atoms with Crippen LogP contribution in [0.25, 0.3) is 0 Å². The van der Waals surface area contributed by atoms with E-state index in [1.165, 1.54) is 43.6 Å². The lowest BCUT2D eigenvalue weighted by Gasteiger charge is -2.29. The smallest absolute Gasteiger partial charge is 0.0127 e. The maximum absolute atomic E-state index is 2.63. The number of rotatable bonds is 5. The van der Waals surface area contributed by atoms with Gasteiger partial charge in [0.1, 0.15) is 0 Å². The number of benzene rings is 2. The topological polar surface area (TPSA) is 3.24 Å². The van der Waals surface area contributed by atoms with E-state index in [9.17, 15) is 0 Å². The van der Waals surface area contributed by atoms with E-state index < -0.39 is 0 Å². The van der Waals surface area contributed by atoms with E-state index in [2.05, 4.69) is 72.5 Å². The molecule has 0 bridgehead atoms. The molecule has 0 spiro atoms. The molecule has 1 atom stereocenters. The Morgan fingerprint density at radius 2 is 1.29 bits per heavy atom. The van der Waals surface area contributed by atoms with Gasteiger partial charge in [-0.15, -0.1) is 0 Å². The molecule has 0 radical (unpaired) electrons. The van der Waals surface area contributed by atoms with Crippen molar-refractivity contribution in [1.82, 2.24) is 4.90 Å². The standard InChI is InChI=1S/C20H25N/c1-17(16-21-14-8-9-15-21)20(18-10-4-2-5-11-18)19-12-6-3-7-13-19/h2-7,10-13,17,20H,8-9,14-16H2,1H3. The molecule has 1 nitrogen and oxygen atoms in total. The fraction of sp³-hybridized carbons (Fsp3) is 0.400. The number of hydrogen-bond acceptors (Lipinski definition) is 1. The second kappa shape index (κ2) is 6.91. The van der Waals surface area contributed by atoms with Crippen molar-refractivity contribution in [3.05, 3.63) is 71.8 Å². The molecule has 1 saturated heterocycles. The zero-order chi connectivity index (χ0) is 14.5. The SMILES string of the molecule is CC(CN1CCCC1)C(c1ccccc1)c1ccccc1. The van der Waals surface area contributed by atoms with Crippen LogP contribution in [0, 0.1) is 5.92 Å². The van der Waals surface area contributed by atoms with Crippen LogP contribution in [0.4, 0.5) is 0 Å². The Bertz CT molecular complexity index is 489. The van der Waals surface area contributed by atoms with Gasteiger partial charge >= 0.3 is 0 Å². The van der Waals surface area contributed by atoms with E-state index in [0.29, 0.717) is 11.8 Å². The monoisotopic (exact) mass is 279 g/mol. The summed E-state index contributed by atoms with van der Waals surface area (Å²) in [5.41, 5.74) is 2.88. The predicted octanol–water partition coefficient (Wildman–Crippen LogP) is 4.55. The molecule has 1 heteroatoms. The Morgan fingerprint density at radius 1 is 0.810 bits per heavy atom. The first kappa shape index (κ1) is 14.3. The summed E-state index contributed by atoms with van der Waals surface area (Å²) in [7, 11) is 0. The van der Waals surface area contributed by atoms with E-state index in [1.807, 2.05) is 0 Å². The molecule has 1 aliphatic rings. The maximum atomic E-state index is 2.63. The van der Waals surface area contributed by atoms with Gasteiger partial charge in [0.05, 0.1) is 0 Å². The summed E-state index contributed by atoms with van der Waals surface area (Å²) in [5, 5.41) is 0. The van der Waals surface area contributed by atoms with Crippen LogP contribution in [-0.4, -0.2) is 24.5 Å². The average molecular weight is 279 g/mol. The minimum absolute atomic E-state index is 0.494. The highest BCUT2D eigenvalue weighted by Gasteiger charge is 2.24. The summed E-state index contributed by atoms with van der Waals surface area (Å²) in [6.07, 6.45) is 2.74. The Hall–Kier alpha value is -1.60. The third kappa shape index (κ3) is 3.54. The van der Waals surface area contributed by atoms with Gasteiger partial charge in [-0.2, -0.15) is 0 Å². The molecule has 2 aromatic rings. The molecule has 1 aliphatic heterocycles. The first-order chi connectivity index (χ1) is 10.3. The minimum atomic E-state index is 0.494. The van der Waals surface area contributed by atoms with Crippen LogP contribution >= 0.6 is 0 Å². The summed E-state index contributed by atoms with van der Waals surface area (Å²) >= 11 is 0. The quantitative estimate of drug-likeness (QED) is 0.776. The molecular weight excluding hydrogens is 254 g/mol. The third-order valence-electron chi connectivity index (χ3n) is 4.63. The molecule has 2 aromatic carbocycles. The predicted molar refractivity (Wildman–Crippen MR) is 89.6 cm³/mol. The van der Waals surface area contributed by atoms with Crippen molar-refractivity contribution in [2.24, 2.45) is 5.92 Å². The lowest BCUT2D eigenvalue weighted by molar-refractivity contribution is 0.275. The number of nitrogens with zero attached hydrogens (tertiary/aromatic N) is 1. The lowest BCUT2D eigenvalue weighted by Crippen LogP contribution is -2.29. The fourth-order valence-corrected chi connectivity index (χ4v) is 3.65. The number of hydrogen-bond donors (Lipinski definition) is 0. The third-order valence-corrected chi connectivity index (χ3v) is 4.63. The number of likely N-dealkylation sites (tertiary alicyclic amines) is 1. The van der Waals surface area contributed by atoms with Gasteiger partial charge in [0.2, 0.25) is 0 Å². The van der Waals surface area contributed by atoms with Crippen LogP contribution in [0.2, 0.25) is 0 Å². The van der Waals surface area contributed by atoms with Crippen molar-refractivity contribution in [2.75, 3.05) is 19.6 Å². The van der Waals surface area contributed by atoms with E-state index in [-0.39, 0.29) is 0 Å². The largest absolute Gasteiger partial charge is 0.303 e. The van der Waals surface area contributed by atoms with Crippen LogP contribution in [0.3, 0.4) is 0 Å². The molecule has 1 fully saturated rings. The second-order valence-electron chi connectivity index (χ2n) is 6.28. The van der Waals surface area contributed by atoms with Crippen molar-refractivity contribution in [3.8, 4) is 0 Å². The van der Waals surface area contributed by atoms with Gasteiger partial charge in [0.15, 0.2) is 0 Å². The first-order valence-corrected chi connectivity index (χ1v) is 8.17. The van der Waals surface area contributed by atoms with Gasteiger partial charge in [-0.05, 0) is 43.0 Å². The molecule has 3 rings (SSSR count). The van der Waals surface area contributed by atoms with Crippen LogP contribution in [0.15, 0.2) is 60.7 Å². The van der Waals surface area contributed by atoms with Crippen molar-refractivity contribution in [3.63, 3.8) is 0 Å². The van der Waals surface area contributed by atoms with E-state index in [0.717, 1.165) is 0 Å². The highest BCUT2D eigenvalue weighted by atomic mass is 15.1. The zero-order valence-corrected chi connectivity index (χ0v) is 12.9. The summed E-state index contributed by atoms with van der Waals surface area (Å²) in [4.78, 5) is 2.63. The van der Waals surface area contributed by atoms with Gasteiger partial charge in [0, 0.05) is 12.5 Å². The van der Waals surface area contributed by atoms with E-state index in [1.54, 1.807) is 0 Å². The zero-order valence-electron chi connectivity index (χ0n) is 12.9. The van der Waals surface area contributed by atoms with Crippen LogP contribution in [0.5, 0.6) is 0 Å². The second-order valence-corrected chi connectivity index (χ2v) is 6.28. The van der Waals surface area contributed by atoms with Crippen LogP contribution in [0.1, 0.15) is 36.8 Å². The Balaban J connectivity index is 1.85. The molecule has 110 valence electrons. The Morgan fingerprint density at radius 3 is 1.76 bits per heavy atom.